The summed E-state index contributed by atoms with van der Waals surface area (Å²) in [6.45, 7) is 3.12. The first-order chi connectivity index (χ1) is 16.9. The topological polar surface area (TPSA) is 86.7 Å². The predicted octanol–water partition coefficient (Wildman–Crippen LogP) is 4.92. The van der Waals surface area contributed by atoms with Crippen LogP contribution in [0.3, 0.4) is 0 Å². The van der Waals surface area contributed by atoms with E-state index in [0.717, 1.165) is 28.3 Å². The van der Waals surface area contributed by atoms with Crippen molar-refractivity contribution in [3.05, 3.63) is 101 Å². The highest BCUT2D eigenvalue weighted by molar-refractivity contribution is 6.25. The molecule has 2 amide bonds. The van der Waals surface area contributed by atoms with Crippen LogP contribution in [-0.2, 0) is 0 Å². The third-order valence-electron chi connectivity index (χ3n) is 6.79. The number of nitrogens with zero attached hydrogens (tertiary/aromatic N) is 1. The zero-order chi connectivity index (χ0) is 24.6. The summed E-state index contributed by atoms with van der Waals surface area (Å²) in [5.74, 6) is -1.40. The van der Waals surface area contributed by atoms with E-state index in [-0.39, 0.29) is 22.9 Å². The van der Waals surface area contributed by atoms with Crippen LogP contribution in [0.15, 0.2) is 78.9 Å². The normalized spacial score (nSPS) is 19.2. The number of nitrogens with one attached hydrogen (secondary N) is 1. The average molecular weight is 467 g/mol. The van der Waals surface area contributed by atoms with Gasteiger partial charge in [-0.1, -0.05) is 54.6 Å². The predicted molar refractivity (Wildman–Crippen MR) is 135 cm³/mol. The molecule has 6 heteroatoms. The summed E-state index contributed by atoms with van der Waals surface area (Å²) < 4.78 is 0. The molecule has 0 radical (unpaired) electrons. The Morgan fingerprint density at radius 3 is 2.23 bits per heavy atom. The number of carbonyl (C=O) groups excluding carboxylic acids is 2. The van der Waals surface area contributed by atoms with E-state index in [1.165, 1.54) is 4.90 Å². The molecule has 0 aromatic heterocycles. The number of amides is 2. The number of aromatic carboxylic acids is 1. The number of hydrogen-bond donors (Lipinski definition) is 2. The van der Waals surface area contributed by atoms with Gasteiger partial charge in [0.15, 0.2) is 0 Å². The highest BCUT2D eigenvalue weighted by Gasteiger charge is 2.32. The first kappa shape index (κ1) is 22.7. The van der Waals surface area contributed by atoms with Gasteiger partial charge in [0.1, 0.15) is 0 Å². The Morgan fingerprint density at radius 1 is 1.00 bits per heavy atom. The summed E-state index contributed by atoms with van der Waals surface area (Å²) in [6.07, 6.45) is 7.71. The van der Waals surface area contributed by atoms with Gasteiger partial charge in [0.25, 0.3) is 11.8 Å². The van der Waals surface area contributed by atoms with Gasteiger partial charge in [-0.2, -0.15) is 0 Å². The van der Waals surface area contributed by atoms with Crippen LogP contribution >= 0.6 is 0 Å². The fraction of sp³-hybridized carbons (Fsp3) is 0.207. The van der Waals surface area contributed by atoms with Crippen LogP contribution in [-0.4, -0.2) is 46.4 Å². The van der Waals surface area contributed by atoms with Crippen LogP contribution in [0.2, 0.25) is 0 Å². The summed E-state index contributed by atoms with van der Waals surface area (Å²) in [5, 5.41) is 14.3. The number of carboxylic acid groups (broad SMARTS) is 1. The first-order valence-corrected chi connectivity index (χ1v) is 11.7. The molecule has 1 aliphatic heterocycles. The van der Waals surface area contributed by atoms with Crippen molar-refractivity contribution in [3.63, 3.8) is 0 Å². The lowest BCUT2D eigenvalue weighted by Gasteiger charge is -2.31. The van der Waals surface area contributed by atoms with Crippen LogP contribution in [0, 0.1) is 0 Å². The Morgan fingerprint density at radius 2 is 1.66 bits per heavy atom. The number of carboxylic acids is 1. The smallest absolute Gasteiger partial charge is 0.335 e. The molecule has 2 aliphatic rings. The van der Waals surface area contributed by atoms with E-state index in [0.29, 0.717) is 30.6 Å². The van der Waals surface area contributed by atoms with Crippen molar-refractivity contribution in [2.75, 3.05) is 13.1 Å². The van der Waals surface area contributed by atoms with Crippen LogP contribution in [0.4, 0.5) is 0 Å². The van der Waals surface area contributed by atoms with Crippen molar-refractivity contribution in [1.82, 2.24) is 10.2 Å². The molecule has 1 heterocycles. The van der Waals surface area contributed by atoms with Gasteiger partial charge in [-0.3, -0.25) is 14.5 Å². The van der Waals surface area contributed by atoms with E-state index >= 15 is 0 Å². The maximum absolute atomic E-state index is 13.0. The molecular formula is C29H26N2O4. The molecule has 5 rings (SSSR count). The molecule has 0 saturated carbocycles. The van der Waals surface area contributed by atoms with Crippen LogP contribution in [0.5, 0.6) is 0 Å². The van der Waals surface area contributed by atoms with Crippen molar-refractivity contribution in [3.8, 4) is 0 Å². The molecule has 2 N–H and O–H groups in total. The Balaban J connectivity index is 1.18. The van der Waals surface area contributed by atoms with E-state index < -0.39 is 5.97 Å². The molecule has 35 heavy (non-hydrogen) atoms. The highest BCUT2D eigenvalue weighted by atomic mass is 16.4. The van der Waals surface area contributed by atoms with E-state index in [2.05, 4.69) is 24.4 Å². The molecule has 3 aromatic carbocycles. The van der Waals surface area contributed by atoms with Crippen molar-refractivity contribution in [2.24, 2.45) is 0 Å². The minimum atomic E-state index is -0.935. The molecule has 6 nitrogen and oxygen atoms in total. The second-order valence-electron chi connectivity index (χ2n) is 9.25. The maximum atomic E-state index is 13.0. The Hall–Kier alpha value is -4.03. The van der Waals surface area contributed by atoms with Crippen LogP contribution < -0.4 is 5.32 Å². The molecule has 0 bridgehead atoms. The number of hydrogen-bond acceptors (Lipinski definition) is 4. The van der Waals surface area contributed by atoms with Gasteiger partial charge in [-0.15, -0.1) is 0 Å². The molecular weight excluding hydrogens is 440 g/mol. The summed E-state index contributed by atoms with van der Waals surface area (Å²) in [4.78, 5) is 38.5. The summed E-state index contributed by atoms with van der Waals surface area (Å²) in [6, 6.07) is 18.0. The van der Waals surface area contributed by atoms with E-state index in [1.807, 2.05) is 42.5 Å². The Labute approximate surface area is 203 Å². The van der Waals surface area contributed by atoms with E-state index in [4.69, 9.17) is 5.11 Å². The molecule has 1 aliphatic carbocycles. The van der Waals surface area contributed by atoms with Crippen molar-refractivity contribution < 1.29 is 19.5 Å². The van der Waals surface area contributed by atoms with E-state index in [9.17, 15) is 14.4 Å². The zero-order valence-electron chi connectivity index (χ0n) is 19.5. The highest BCUT2D eigenvalue weighted by Crippen LogP contribution is 2.30. The van der Waals surface area contributed by atoms with Gasteiger partial charge in [0.05, 0.1) is 5.56 Å². The Kier molecular flexibility index (Phi) is 5.83. The molecule has 1 unspecified atom stereocenters. The standard InChI is InChI=1S/C29H26N2O4/c1-29(15-13-20(14-16-29)19-9-11-22(12-10-19)28(34)35)30-17-4-18-31-26(32)23-7-2-5-21-6-3-8-24(25(21)23)27(31)33/h2-3,5-15,30H,4,16-18H2,1H3,(H,34,35). The zero-order valence-corrected chi connectivity index (χ0v) is 19.5. The fourth-order valence-corrected chi connectivity index (χ4v) is 4.78. The lowest BCUT2D eigenvalue weighted by Crippen LogP contribution is -2.44. The van der Waals surface area contributed by atoms with Gasteiger partial charge in [0, 0.05) is 28.6 Å². The summed E-state index contributed by atoms with van der Waals surface area (Å²) >= 11 is 0. The second-order valence-corrected chi connectivity index (χ2v) is 9.25. The molecule has 0 spiro atoms. The quantitative estimate of drug-likeness (QED) is 0.381. The monoisotopic (exact) mass is 466 g/mol. The number of imide groups is 1. The third kappa shape index (κ3) is 4.29. The molecule has 1 atom stereocenters. The summed E-state index contributed by atoms with van der Waals surface area (Å²) in [7, 11) is 0. The minimum absolute atomic E-state index is 0.232. The third-order valence-corrected chi connectivity index (χ3v) is 6.79. The number of allylic oxidation sites excluding steroid dienone is 2. The Bertz CT molecular complexity index is 1350. The molecule has 3 aromatic rings. The number of carbonyl (C=O) groups is 3. The lowest BCUT2D eigenvalue weighted by molar-refractivity contribution is 0.0606. The lowest BCUT2D eigenvalue weighted by atomic mass is 9.88. The minimum Gasteiger partial charge on any atom is -0.478 e. The van der Waals surface area contributed by atoms with Crippen LogP contribution in [0.1, 0.15) is 56.4 Å². The van der Waals surface area contributed by atoms with Crippen molar-refractivity contribution >= 4 is 34.1 Å². The van der Waals surface area contributed by atoms with Crippen molar-refractivity contribution in [1.29, 1.82) is 0 Å². The fourth-order valence-electron chi connectivity index (χ4n) is 4.78. The van der Waals surface area contributed by atoms with Crippen LogP contribution in [0.25, 0.3) is 16.3 Å². The molecule has 0 saturated heterocycles. The SMILES string of the molecule is CC1(NCCCN2C(=O)c3cccc4cccc(c34)C2=O)C=CC(c2ccc(C(=O)O)cc2)=CC1. The number of rotatable bonds is 7. The van der Waals surface area contributed by atoms with E-state index in [1.54, 1.807) is 24.3 Å². The second kappa shape index (κ2) is 8.96. The largest absolute Gasteiger partial charge is 0.478 e. The molecule has 176 valence electrons. The van der Waals surface area contributed by atoms with Crippen molar-refractivity contribution in [2.45, 2.75) is 25.3 Å². The van der Waals surface area contributed by atoms with Gasteiger partial charge in [0.2, 0.25) is 0 Å². The average Bonchev–Trinajstić information content (AvgIpc) is 2.87. The van der Waals surface area contributed by atoms with Gasteiger partial charge < -0.3 is 10.4 Å². The van der Waals surface area contributed by atoms with Gasteiger partial charge in [-0.25, -0.2) is 4.79 Å². The maximum Gasteiger partial charge on any atom is 0.335 e. The summed E-state index contributed by atoms with van der Waals surface area (Å²) in [5.41, 5.74) is 3.23. The molecule has 0 fully saturated rings. The number of benzene rings is 3. The first-order valence-electron chi connectivity index (χ1n) is 11.7. The van der Waals surface area contributed by atoms with Gasteiger partial charge >= 0.3 is 5.97 Å². The van der Waals surface area contributed by atoms with Gasteiger partial charge in [-0.05, 0) is 67.1 Å².